The van der Waals surface area contributed by atoms with E-state index in [1.54, 1.807) is 23.0 Å². The molecule has 1 aliphatic carbocycles. The van der Waals surface area contributed by atoms with Crippen molar-refractivity contribution >= 4 is 11.8 Å². The van der Waals surface area contributed by atoms with E-state index in [4.69, 9.17) is 0 Å². The lowest BCUT2D eigenvalue weighted by molar-refractivity contribution is 0.248. The van der Waals surface area contributed by atoms with Crippen LogP contribution < -0.4 is 10.6 Å². The summed E-state index contributed by atoms with van der Waals surface area (Å²) < 4.78 is 15.0. The van der Waals surface area contributed by atoms with E-state index >= 15 is 0 Å². The van der Waals surface area contributed by atoms with E-state index in [-0.39, 0.29) is 17.9 Å². The molecule has 0 saturated heterocycles. The maximum Gasteiger partial charge on any atom is 0.320 e. The third-order valence-electron chi connectivity index (χ3n) is 4.34. The van der Waals surface area contributed by atoms with Crippen LogP contribution in [0, 0.1) is 5.82 Å². The maximum absolute atomic E-state index is 13.3. The van der Waals surface area contributed by atoms with Crippen LogP contribution >= 0.6 is 0 Å². The van der Waals surface area contributed by atoms with Crippen molar-refractivity contribution in [3.8, 4) is 5.69 Å². The first kappa shape index (κ1) is 15.4. The molecular formula is C19H17FN4O. The van der Waals surface area contributed by atoms with Crippen LogP contribution in [0.15, 0.2) is 60.8 Å². The van der Waals surface area contributed by atoms with Crippen molar-refractivity contribution in [3.63, 3.8) is 0 Å². The van der Waals surface area contributed by atoms with E-state index in [9.17, 15) is 9.18 Å². The molecule has 0 unspecified atom stereocenters. The van der Waals surface area contributed by atoms with E-state index in [2.05, 4.69) is 15.7 Å². The molecule has 0 spiro atoms. The molecule has 25 heavy (non-hydrogen) atoms. The summed E-state index contributed by atoms with van der Waals surface area (Å²) in [6, 6.07) is 15.7. The number of para-hydroxylation sites is 1. The van der Waals surface area contributed by atoms with Gasteiger partial charge in [0, 0.05) is 12.3 Å². The van der Waals surface area contributed by atoms with Crippen LogP contribution in [0.1, 0.15) is 23.6 Å². The Morgan fingerprint density at radius 3 is 2.84 bits per heavy atom. The maximum atomic E-state index is 13.3. The van der Waals surface area contributed by atoms with Gasteiger partial charge in [0.1, 0.15) is 5.82 Å². The molecule has 0 aliphatic heterocycles. The lowest BCUT2D eigenvalue weighted by Gasteiger charge is -2.14. The van der Waals surface area contributed by atoms with Crippen molar-refractivity contribution in [3.05, 3.63) is 77.7 Å². The minimum absolute atomic E-state index is 0.105. The lowest BCUT2D eigenvalue weighted by Crippen LogP contribution is -2.31. The number of halogens is 1. The lowest BCUT2D eigenvalue weighted by atomic mass is 10.1. The topological polar surface area (TPSA) is 59.0 Å². The molecule has 5 nitrogen and oxygen atoms in total. The molecule has 1 aliphatic rings. The second-order valence-electron chi connectivity index (χ2n) is 6.01. The molecule has 0 fully saturated rings. The predicted octanol–water partition coefficient (Wildman–Crippen LogP) is 3.82. The zero-order valence-corrected chi connectivity index (χ0v) is 13.4. The van der Waals surface area contributed by atoms with Crippen molar-refractivity contribution in [2.24, 2.45) is 0 Å². The first-order valence-electron chi connectivity index (χ1n) is 8.16. The van der Waals surface area contributed by atoms with Crippen molar-refractivity contribution < 1.29 is 9.18 Å². The van der Waals surface area contributed by atoms with Crippen LogP contribution in [0.5, 0.6) is 0 Å². The van der Waals surface area contributed by atoms with E-state index in [0.717, 1.165) is 29.7 Å². The Balaban J connectivity index is 1.42. The fourth-order valence-electron chi connectivity index (χ4n) is 3.16. The van der Waals surface area contributed by atoms with Crippen LogP contribution in [0.4, 0.5) is 15.0 Å². The highest BCUT2D eigenvalue weighted by molar-refractivity contribution is 5.88. The Bertz CT molecular complexity index is 907. The summed E-state index contributed by atoms with van der Waals surface area (Å²) in [5.41, 5.74) is 2.85. The number of carbonyl (C=O) groups is 1. The van der Waals surface area contributed by atoms with Gasteiger partial charge in [-0.05, 0) is 48.2 Å². The number of hydrogen-bond donors (Lipinski definition) is 2. The Kier molecular flexibility index (Phi) is 3.93. The number of amides is 2. The predicted molar refractivity (Wildman–Crippen MR) is 93.2 cm³/mol. The number of carbonyl (C=O) groups excluding carboxylic acids is 1. The Hall–Kier alpha value is -3.15. The zero-order valence-electron chi connectivity index (χ0n) is 13.4. The SMILES string of the molecule is O=C(Nc1ccn(-c2ccccc2)n1)N[C@@H]1CCc2cc(F)ccc21. The molecule has 2 amide bonds. The molecular weight excluding hydrogens is 319 g/mol. The number of aryl methyl sites for hydroxylation is 1. The second kappa shape index (κ2) is 6.39. The minimum atomic E-state index is -0.319. The highest BCUT2D eigenvalue weighted by Crippen LogP contribution is 2.31. The van der Waals surface area contributed by atoms with Gasteiger partial charge in [0.25, 0.3) is 0 Å². The van der Waals surface area contributed by atoms with Gasteiger partial charge in [-0.25, -0.2) is 13.9 Å². The number of aromatic nitrogens is 2. The average Bonchev–Trinajstić information content (AvgIpc) is 3.23. The number of rotatable bonds is 3. The fourth-order valence-corrected chi connectivity index (χ4v) is 3.16. The van der Waals surface area contributed by atoms with Gasteiger partial charge in [0.15, 0.2) is 5.82 Å². The summed E-state index contributed by atoms with van der Waals surface area (Å²) >= 11 is 0. The first-order chi connectivity index (χ1) is 12.2. The number of hydrogen-bond acceptors (Lipinski definition) is 2. The van der Waals surface area contributed by atoms with Crippen LogP contribution in [0.2, 0.25) is 0 Å². The number of urea groups is 1. The van der Waals surface area contributed by atoms with Crippen molar-refractivity contribution in [1.29, 1.82) is 0 Å². The zero-order chi connectivity index (χ0) is 17.2. The normalized spacial score (nSPS) is 15.6. The van der Waals surface area contributed by atoms with Gasteiger partial charge in [-0.15, -0.1) is 5.10 Å². The van der Waals surface area contributed by atoms with Crippen LogP contribution in [-0.2, 0) is 6.42 Å². The standard InChI is InChI=1S/C19H17FN4O/c20-14-7-8-16-13(12-14)6-9-17(16)21-19(25)22-18-10-11-24(23-18)15-4-2-1-3-5-15/h1-5,7-8,10-12,17H,6,9H2,(H2,21,22,23,25)/t17-/m1/s1. The molecule has 126 valence electrons. The largest absolute Gasteiger partial charge is 0.331 e. The molecule has 4 rings (SSSR count). The molecule has 1 heterocycles. The molecule has 2 aromatic carbocycles. The van der Waals surface area contributed by atoms with Gasteiger partial charge in [-0.2, -0.15) is 0 Å². The molecule has 0 radical (unpaired) electrons. The molecule has 0 bridgehead atoms. The summed E-state index contributed by atoms with van der Waals surface area (Å²) in [5.74, 6) is 0.231. The van der Waals surface area contributed by atoms with Gasteiger partial charge < -0.3 is 5.32 Å². The van der Waals surface area contributed by atoms with Crippen LogP contribution in [-0.4, -0.2) is 15.8 Å². The van der Waals surface area contributed by atoms with E-state index < -0.39 is 0 Å². The second-order valence-corrected chi connectivity index (χ2v) is 6.01. The number of benzene rings is 2. The molecule has 0 saturated carbocycles. The third kappa shape index (κ3) is 3.24. The molecule has 1 atom stereocenters. The quantitative estimate of drug-likeness (QED) is 0.764. The Labute approximate surface area is 144 Å². The molecule has 6 heteroatoms. The summed E-state index contributed by atoms with van der Waals surface area (Å²) in [6.45, 7) is 0. The average molecular weight is 336 g/mol. The van der Waals surface area contributed by atoms with Gasteiger partial charge in [-0.1, -0.05) is 24.3 Å². The number of fused-ring (bicyclic) bond motifs is 1. The van der Waals surface area contributed by atoms with Gasteiger partial charge in [0.2, 0.25) is 0 Å². The summed E-state index contributed by atoms with van der Waals surface area (Å²) in [7, 11) is 0. The Morgan fingerprint density at radius 2 is 2.00 bits per heavy atom. The fraction of sp³-hybridized carbons (Fsp3) is 0.158. The van der Waals surface area contributed by atoms with E-state index in [0.29, 0.717) is 5.82 Å². The Morgan fingerprint density at radius 1 is 1.16 bits per heavy atom. The number of nitrogens with zero attached hydrogens (tertiary/aromatic N) is 2. The minimum Gasteiger partial charge on any atom is -0.331 e. The van der Waals surface area contributed by atoms with Gasteiger partial charge in [-0.3, -0.25) is 5.32 Å². The molecule has 2 N–H and O–H groups in total. The molecule has 1 aromatic heterocycles. The number of anilines is 1. The third-order valence-corrected chi connectivity index (χ3v) is 4.34. The highest BCUT2D eigenvalue weighted by atomic mass is 19.1. The van der Waals surface area contributed by atoms with Crippen molar-refractivity contribution in [1.82, 2.24) is 15.1 Å². The number of nitrogens with one attached hydrogen (secondary N) is 2. The first-order valence-corrected chi connectivity index (χ1v) is 8.16. The van der Waals surface area contributed by atoms with E-state index in [1.807, 2.05) is 30.3 Å². The molecule has 3 aromatic rings. The van der Waals surface area contributed by atoms with E-state index in [1.165, 1.54) is 12.1 Å². The van der Waals surface area contributed by atoms with Gasteiger partial charge in [0.05, 0.1) is 11.7 Å². The smallest absolute Gasteiger partial charge is 0.320 e. The van der Waals surface area contributed by atoms with Crippen LogP contribution in [0.25, 0.3) is 5.69 Å². The summed E-state index contributed by atoms with van der Waals surface area (Å²) in [5, 5.41) is 10.0. The van der Waals surface area contributed by atoms with Crippen molar-refractivity contribution in [2.75, 3.05) is 5.32 Å². The summed E-state index contributed by atoms with van der Waals surface area (Å²) in [4.78, 5) is 12.2. The monoisotopic (exact) mass is 336 g/mol. The van der Waals surface area contributed by atoms with Gasteiger partial charge >= 0.3 is 6.03 Å². The summed E-state index contributed by atoms with van der Waals surface area (Å²) in [6.07, 6.45) is 3.32. The highest BCUT2D eigenvalue weighted by Gasteiger charge is 2.24. The van der Waals surface area contributed by atoms with Crippen LogP contribution in [0.3, 0.4) is 0 Å². The van der Waals surface area contributed by atoms with Crippen molar-refractivity contribution in [2.45, 2.75) is 18.9 Å².